The number of hydrogen-bond donors (Lipinski definition) is 1. The summed E-state index contributed by atoms with van der Waals surface area (Å²) in [5, 5.41) is 2.95. The molecule has 6 nitrogen and oxygen atoms in total. The number of ether oxygens (including phenoxy) is 1. The first-order valence-corrected chi connectivity index (χ1v) is 9.70. The van der Waals surface area contributed by atoms with E-state index >= 15 is 0 Å². The van der Waals surface area contributed by atoms with Crippen LogP contribution >= 0.6 is 0 Å². The molecule has 6 heteroatoms. The molecule has 0 spiro atoms. The van der Waals surface area contributed by atoms with Crippen LogP contribution in [0.1, 0.15) is 28.7 Å². The zero-order valence-electron chi connectivity index (χ0n) is 17.1. The number of carbonyl (C=O) groups is 1. The lowest BCUT2D eigenvalue weighted by atomic mass is 10.1. The molecule has 0 bridgehead atoms. The van der Waals surface area contributed by atoms with Gasteiger partial charge in [-0.15, -0.1) is 0 Å². The Bertz CT molecular complexity index is 960. The molecule has 1 amide bonds. The van der Waals surface area contributed by atoms with Gasteiger partial charge in [-0.3, -0.25) is 4.79 Å². The number of hydrogen-bond acceptors (Lipinski definition) is 5. The number of nitrogens with one attached hydrogen (secondary N) is 1. The Kier molecular flexibility index (Phi) is 6.79. The molecule has 0 aliphatic carbocycles. The molecule has 150 valence electrons. The minimum Gasteiger partial charge on any atom is -0.496 e. The van der Waals surface area contributed by atoms with Gasteiger partial charge >= 0.3 is 0 Å². The van der Waals surface area contributed by atoms with E-state index in [4.69, 9.17) is 4.74 Å². The molecule has 29 heavy (non-hydrogen) atoms. The van der Waals surface area contributed by atoms with Gasteiger partial charge in [0.05, 0.1) is 7.11 Å². The summed E-state index contributed by atoms with van der Waals surface area (Å²) < 4.78 is 5.36. The van der Waals surface area contributed by atoms with Crippen LogP contribution < -0.4 is 15.0 Å². The van der Waals surface area contributed by atoms with E-state index in [1.165, 1.54) is 0 Å². The fourth-order valence-electron chi connectivity index (χ4n) is 3.15. The Hall–Kier alpha value is -3.41. The number of aromatic nitrogens is 2. The van der Waals surface area contributed by atoms with Gasteiger partial charge in [0, 0.05) is 24.5 Å². The number of aryl methyl sites for hydroxylation is 1. The van der Waals surface area contributed by atoms with Gasteiger partial charge in [0.15, 0.2) is 0 Å². The van der Waals surface area contributed by atoms with Crippen molar-refractivity contribution in [1.29, 1.82) is 0 Å². The first kappa shape index (κ1) is 20.3. The fraction of sp³-hybridized carbons (Fsp3) is 0.261. The number of amides is 1. The fourth-order valence-corrected chi connectivity index (χ4v) is 3.15. The predicted octanol–water partition coefficient (Wildman–Crippen LogP) is 3.92. The van der Waals surface area contributed by atoms with E-state index in [-0.39, 0.29) is 5.91 Å². The molecule has 0 radical (unpaired) electrons. The normalized spacial score (nSPS) is 10.4. The van der Waals surface area contributed by atoms with Crippen LogP contribution in [-0.2, 0) is 6.42 Å². The van der Waals surface area contributed by atoms with Crippen LogP contribution in [0, 0.1) is 6.92 Å². The average molecular weight is 390 g/mol. The average Bonchev–Trinajstić information content (AvgIpc) is 2.75. The number of carbonyl (C=O) groups excluding carboxylic acids is 1. The lowest BCUT2D eigenvalue weighted by Crippen LogP contribution is -2.28. The second-order valence-electron chi connectivity index (χ2n) is 6.59. The van der Waals surface area contributed by atoms with Crippen LogP contribution in [0.25, 0.3) is 0 Å². The molecule has 3 aromatic rings. The molecule has 0 saturated carbocycles. The Labute approximate surface area is 171 Å². The maximum absolute atomic E-state index is 12.7. The van der Waals surface area contributed by atoms with E-state index in [9.17, 15) is 4.79 Å². The number of nitrogens with zero attached hydrogens (tertiary/aromatic N) is 3. The Morgan fingerprint density at radius 1 is 1.07 bits per heavy atom. The largest absolute Gasteiger partial charge is 0.496 e. The van der Waals surface area contributed by atoms with E-state index < -0.39 is 0 Å². The van der Waals surface area contributed by atoms with E-state index in [0.717, 1.165) is 22.7 Å². The maximum atomic E-state index is 12.7. The summed E-state index contributed by atoms with van der Waals surface area (Å²) in [5.41, 5.74) is 3.15. The summed E-state index contributed by atoms with van der Waals surface area (Å²) >= 11 is 0. The van der Waals surface area contributed by atoms with Crippen molar-refractivity contribution in [1.82, 2.24) is 15.3 Å². The monoisotopic (exact) mass is 390 g/mol. The Morgan fingerprint density at radius 2 is 1.79 bits per heavy atom. The Balaban J connectivity index is 1.72. The van der Waals surface area contributed by atoms with Crippen LogP contribution in [-0.4, -0.2) is 36.1 Å². The molecular weight excluding hydrogens is 364 g/mol. The predicted molar refractivity (Wildman–Crippen MR) is 115 cm³/mol. The quantitative estimate of drug-likeness (QED) is 0.631. The topological polar surface area (TPSA) is 67.4 Å². The number of anilines is 2. The van der Waals surface area contributed by atoms with Gasteiger partial charge in [-0.25, -0.2) is 9.97 Å². The van der Waals surface area contributed by atoms with Gasteiger partial charge in [-0.2, -0.15) is 0 Å². The van der Waals surface area contributed by atoms with E-state index in [1.807, 2.05) is 73.3 Å². The van der Waals surface area contributed by atoms with Crippen molar-refractivity contribution >= 4 is 17.5 Å². The van der Waals surface area contributed by atoms with Gasteiger partial charge in [-0.1, -0.05) is 36.4 Å². The summed E-state index contributed by atoms with van der Waals surface area (Å²) in [6.45, 7) is 5.09. The zero-order chi connectivity index (χ0) is 20.6. The first-order valence-electron chi connectivity index (χ1n) is 9.70. The lowest BCUT2D eigenvalue weighted by Gasteiger charge is -2.21. The van der Waals surface area contributed by atoms with E-state index in [1.54, 1.807) is 13.2 Å². The Morgan fingerprint density at radius 3 is 2.52 bits per heavy atom. The highest BCUT2D eigenvalue weighted by Gasteiger charge is 2.15. The first-order chi connectivity index (χ1) is 14.1. The van der Waals surface area contributed by atoms with Gasteiger partial charge in [0.1, 0.15) is 11.4 Å². The van der Waals surface area contributed by atoms with Crippen molar-refractivity contribution in [2.75, 3.05) is 25.1 Å². The molecule has 0 fully saturated rings. The molecule has 0 aliphatic heterocycles. The highest BCUT2D eigenvalue weighted by atomic mass is 16.5. The van der Waals surface area contributed by atoms with Crippen molar-refractivity contribution in [3.63, 3.8) is 0 Å². The molecule has 1 N–H and O–H groups in total. The third kappa shape index (κ3) is 5.10. The minimum absolute atomic E-state index is 0.212. The molecule has 0 atom stereocenters. The minimum atomic E-state index is -0.212. The molecular formula is C23H26N4O2. The summed E-state index contributed by atoms with van der Waals surface area (Å²) in [6.07, 6.45) is 0.678. The van der Waals surface area contributed by atoms with E-state index in [0.29, 0.717) is 31.2 Å². The highest BCUT2D eigenvalue weighted by Crippen LogP contribution is 2.22. The van der Waals surface area contributed by atoms with Gasteiger partial charge in [0.2, 0.25) is 5.95 Å². The van der Waals surface area contributed by atoms with Crippen LogP contribution in [0.3, 0.4) is 0 Å². The standard InChI is InChI=1S/C23H26N4O2/c1-4-27(19-11-6-5-7-12-19)23-25-17(2)16-20(26-23)22(28)24-15-14-18-10-8-9-13-21(18)29-3/h5-13,16H,4,14-15H2,1-3H3,(H,24,28). The smallest absolute Gasteiger partial charge is 0.270 e. The SMILES string of the molecule is CCN(c1ccccc1)c1nc(C)cc(C(=O)NCCc2ccccc2OC)n1. The highest BCUT2D eigenvalue weighted by molar-refractivity contribution is 5.92. The second-order valence-corrected chi connectivity index (χ2v) is 6.59. The number of methoxy groups -OCH3 is 1. The zero-order valence-corrected chi connectivity index (χ0v) is 17.1. The molecule has 0 aliphatic rings. The molecule has 1 aromatic heterocycles. The van der Waals surface area contributed by atoms with Crippen molar-refractivity contribution in [3.8, 4) is 5.75 Å². The van der Waals surface area contributed by atoms with Crippen molar-refractivity contribution in [2.24, 2.45) is 0 Å². The number of para-hydroxylation sites is 2. The molecule has 1 heterocycles. The third-order valence-corrected chi connectivity index (χ3v) is 4.57. The van der Waals surface area contributed by atoms with Gasteiger partial charge in [0.25, 0.3) is 5.91 Å². The van der Waals surface area contributed by atoms with Crippen LogP contribution in [0.15, 0.2) is 60.7 Å². The summed E-state index contributed by atoms with van der Waals surface area (Å²) in [7, 11) is 1.65. The third-order valence-electron chi connectivity index (χ3n) is 4.57. The van der Waals surface area contributed by atoms with Crippen molar-refractivity contribution in [3.05, 3.63) is 77.6 Å². The van der Waals surface area contributed by atoms with Gasteiger partial charge in [-0.05, 0) is 50.1 Å². The summed E-state index contributed by atoms with van der Waals surface area (Å²) in [4.78, 5) is 23.7. The van der Waals surface area contributed by atoms with Crippen molar-refractivity contribution in [2.45, 2.75) is 20.3 Å². The lowest BCUT2D eigenvalue weighted by molar-refractivity contribution is 0.0949. The second kappa shape index (κ2) is 9.68. The van der Waals surface area contributed by atoms with E-state index in [2.05, 4.69) is 15.3 Å². The van der Waals surface area contributed by atoms with Crippen LogP contribution in [0.2, 0.25) is 0 Å². The summed E-state index contributed by atoms with van der Waals surface area (Å²) in [5.74, 6) is 1.13. The van der Waals surface area contributed by atoms with Gasteiger partial charge < -0.3 is 15.0 Å². The number of benzene rings is 2. The van der Waals surface area contributed by atoms with Crippen molar-refractivity contribution < 1.29 is 9.53 Å². The molecule has 3 rings (SSSR count). The van der Waals surface area contributed by atoms with Crippen LogP contribution in [0.4, 0.5) is 11.6 Å². The van der Waals surface area contributed by atoms with Crippen LogP contribution in [0.5, 0.6) is 5.75 Å². The summed E-state index contributed by atoms with van der Waals surface area (Å²) in [6, 6.07) is 19.4. The molecule has 2 aromatic carbocycles. The molecule has 0 saturated heterocycles. The maximum Gasteiger partial charge on any atom is 0.270 e. The number of rotatable bonds is 8. The molecule has 0 unspecified atom stereocenters.